The van der Waals surface area contributed by atoms with Crippen molar-refractivity contribution in [3.63, 3.8) is 0 Å². The first kappa shape index (κ1) is 19.7. The number of carbonyl (C=O) groups excluding carboxylic acids is 1. The number of rotatable bonds is 8. The summed E-state index contributed by atoms with van der Waals surface area (Å²) in [6, 6.07) is 8.32. The van der Waals surface area contributed by atoms with Crippen molar-refractivity contribution in [3.8, 4) is 9.75 Å². The van der Waals surface area contributed by atoms with E-state index in [-0.39, 0.29) is 6.42 Å². The van der Waals surface area contributed by atoms with Crippen LogP contribution in [-0.4, -0.2) is 27.2 Å². The second-order valence-electron chi connectivity index (χ2n) is 5.44. The van der Waals surface area contributed by atoms with E-state index < -0.39 is 21.4 Å². The molecule has 0 aliphatic heterocycles. The van der Waals surface area contributed by atoms with Gasteiger partial charge in [0.2, 0.25) is 15.5 Å². The Bertz CT molecular complexity index is 737. The van der Waals surface area contributed by atoms with Crippen LogP contribution in [0.5, 0.6) is 0 Å². The summed E-state index contributed by atoms with van der Waals surface area (Å²) in [4.78, 5) is 15.2. The molecular weight excluding hydrogens is 434 g/mol. The Balaban J connectivity index is 1.85. The first-order valence-corrected chi connectivity index (χ1v) is 11.7. The molecule has 0 aromatic carbocycles. The Kier molecular flexibility index (Phi) is 7.14. The van der Waals surface area contributed by atoms with Crippen molar-refractivity contribution in [3.05, 3.63) is 32.9 Å². The summed E-state index contributed by atoms with van der Waals surface area (Å²) in [7, 11) is -3.27. The lowest BCUT2D eigenvalue weighted by Crippen LogP contribution is -2.40. The van der Waals surface area contributed by atoms with E-state index in [0.717, 1.165) is 22.9 Å². The maximum absolute atomic E-state index is 11.7. The topological polar surface area (TPSA) is 86.6 Å². The van der Waals surface area contributed by atoms with Gasteiger partial charge in [-0.3, -0.25) is 10.0 Å². The molecular formula is C15H19BrNO4S3+. The van der Waals surface area contributed by atoms with Crippen LogP contribution in [-0.2, 0) is 25.6 Å². The van der Waals surface area contributed by atoms with E-state index in [1.807, 2.05) is 6.07 Å². The smallest absolute Gasteiger partial charge is 0.288 e. The lowest BCUT2D eigenvalue weighted by atomic mass is 10.1. The first-order valence-electron chi connectivity index (χ1n) is 7.30. The molecule has 3 N–H and O–H groups in total. The van der Waals surface area contributed by atoms with Gasteiger partial charge in [-0.2, -0.15) is 4.55 Å². The third-order valence-corrected chi connectivity index (χ3v) is 8.02. The zero-order valence-corrected chi connectivity index (χ0v) is 17.1. The van der Waals surface area contributed by atoms with Crippen LogP contribution < -0.4 is 5.48 Å². The molecule has 0 fully saturated rings. The third-order valence-electron chi connectivity index (χ3n) is 3.55. The molecule has 1 amide bonds. The molecule has 5 nitrogen and oxygen atoms in total. The second-order valence-corrected chi connectivity index (χ2v) is 11.4. The van der Waals surface area contributed by atoms with Gasteiger partial charge < -0.3 is 0 Å². The molecule has 0 radical (unpaired) electrons. The number of hydroxylamine groups is 1. The van der Waals surface area contributed by atoms with Crippen LogP contribution in [0.15, 0.2) is 28.1 Å². The molecule has 2 rings (SSSR count). The molecule has 2 atom stereocenters. The summed E-state index contributed by atoms with van der Waals surface area (Å²) in [6.07, 6.45) is 3.72. The van der Waals surface area contributed by atoms with E-state index in [9.17, 15) is 13.6 Å². The average molecular weight is 453 g/mol. The van der Waals surface area contributed by atoms with Crippen molar-refractivity contribution in [2.24, 2.45) is 0 Å². The number of nitrogens with one attached hydrogen (secondary N) is 1. The zero-order valence-electron chi connectivity index (χ0n) is 13.0. The molecule has 0 bridgehead atoms. The standard InChI is InChI=1S/C15H18BrNO4S3/c1-24(20,21)13(15(18)17-19)5-3-2-4-10-6-7-11(22-10)12-8-9-14(16)23-12/h6-9,13H,2-5H2,1H3,(H2-,17,18,19,20,21)/p+1. The molecule has 2 aromatic heterocycles. The van der Waals surface area contributed by atoms with Crippen LogP contribution in [0.2, 0.25) is 0 Å². The quantitative estimate of drug-likeness (QED) is 0.239. The molecule has 0 saturated carbocycles. The van der Waals surface area contributed by atoms with Crippen LogP contribution >= 0.6 is 38.6 Å². The van der Waals surface area contributed by atoms with Crippen molar-refractivity contribution < 1.29 is 18.8 Å². The van der Waals surface area contributed by atoms with Gasteiger partial charge in [-0.25, -0.2) is 5.48 Å². The summed E-state index contributed by atoms with van der Waals surface area (Å²) < 4.78 is 22.4. The number of thiophene rings is 2. The van der Waals surface area contributed by atoms with E-state index in [0.29, 0.717) is 6.42 Å². The highest BCUT2D eigenvalue weighted by atomic mass is 79.9. The number of halogens is 1. The molecule has 9 heteroatoms. The number of amides is 1. The van der Waals surface area contributed by atoms with Crippen molar-refractivity contribution in [2.75, 3.05) is 6.26 Å². The molecule has 2 heterocycles. The predicted molar refractivity (Wildman–Crippen MR) is 103 cm³/mol. The Morgan fingerprint density at radius 2 is 1.92 bits per heavy atom. The Morgan fingerprint density at radius 1 is 1.25 bits per heavy atom. The van der Waals surface area contributed by atoms with Gasteiger partial charge in [-0.15, -0.1) is 22.7 Å². The third kappa shape index (κ3) is 5.47. The van der Waals surface area contributed by atoms with Crippen LogP contribution in [0, 0.1) is 0 Å². The van der Waals surface area contributed by atoms with Crippen LogP contribution in [0.25, 0.3) is 9.75 Å². The van der Waals surface area contributed by atoms with Crippen LogP contribution in [0.1, 0.15) is 24.1 Å². The van der Waals surface area contributed by atoms with Crippen molar-refractivity contribution in [2.45, 2.75) is 30.9 Å². The van der Waals surface area contributed by atoms with Gasteiger partial charge in [0.25, 0.3) is 5.91 Å². The first-order chi connectivity index (χ1) is 11.3. The van der Waals surface area contributed by atoms with E-state index in [2.05, 4.69) is 34.1 Å². The van der Waals surface area contributed by atoms with Crippen molar-refractivity contribution in [1.82, 2.24) is 5.48 Å². The normalized spacial score (nSPS) is 15.0. The van der Waals surface area contributed by atoms with Crippen LogP contribution in [0.3, 0.4) is 0 Å². The monoisotopic (exact) mass is 452 g/mol. The van der Waals surface area contributed by atoms with E-state index in [4.69, 9.17) is 5.21 Å². The molecule has 0 aliphatic carbocycles. The van der Waals surface area contributed by atoms with Crippen LogP contribution in [0.4, 0.5) is 0 Å². The number of hydrogen-bond acceptors (Lipinski definition) is 5. The van der Waals surface area contributed by atoms with Gasteiger partial charge in [0.1, 0.15) is 6.26 Å². The minimum Gasteiger partial charge on any atom is -0.288 e. The predicted octanol–water partition coefficient (Wildman–Crippen LogP) is 4.43. The van der Waals surface area contributed by atoms with Gasteiger partial charge in [0.15, 0.2) is 0 Å². The highest BCUT2D eigenvalue weighted by Gasteiger charge is 2.38. The molecule has 0 saturated heterocycles. The second kappa shape index (κ2) is 8.68. The fourth-order valence-electron chi connectivity index (χ4n) is 2.34. The van der Waals surface area contributed by atoms with Crippen molar-refractivity contribution >= 4 is 54.7 Å². The molecule has 2 aromatic rings. The molecule has 2 unspecified atom stereocenters. The number of unbranched alkanes of at least 4 members (excludes halogenated alkanes) is 1. The molecule has 24 heavy (non-hydrogen) atoms. The summed E-state index contributed by atoms with van der Waals surface area (Å²) in [5.74, 6) is -0.799. The fraction of sp³-hybridized carbons (Fsp3) is 0.400. The Morgan fingerprint density at radius 3 is 2.50 bits per heavy atom. The highest BCUT2D eigenvalue weighted by molar-refractivity contribution is 9.11. The molecule has 132 valence electrons. The summed E-state index contributed by atoms with van der Waals surface area (Å²) in [6.45, 7) is 0. The van der Waals surface area contributed by atoms with E-state index in [1.165, 1.54) is 20.1 Å². The number of carbonyl (C=O) groups is 1. The van der Waals surface area contributed by atoms with Gasteiger partial charge in [-0.05, 0) is 59.5 Å². The number of aryl methyl sites for hydroxylation is 1. The Labute approximate surface area is 158 Å². The van der Waals surface area contributed by atoms with E-state index in [1.54, 1.807) is 22.7 Å². The van der Waals surface area contributed by atoms with Crippen molar-refractivity contribution in [1.29, 1.82) is 0 Å². The fourth-order valence-corrected chi connectivity index (χ4v) is 5.92. The van der Waals surface area contributed by atoms with Gasteiger partial charge >= 0.3 is 0 Å². The summed E-state index contributed by atoms with van der Waals surface area (Å²) >= 11 is 6.90. The average Bonchev–Trinajstić information content (AvgIpc) is 3.14. The maximum atomic E-state index is 11.7. The minimum absolute atomic E-state index is 0.272. The largest absolute Gasteiger partial charge is 0.299 e. The Hall–Kier alpha value is -0.580. The molecule has 0 spiro atoms. The van der Waals surface area contributed by atoms with Gasteiger partial charge in [0.05, 0.1) is 3.79 Å². The lowest BCUT2D eigenvalue weighted by molar-refractivity contribution is -0.128. The minimum atomic E-state index is -3.27. The SMILES string of the molecule is C[S+](=O)(O)C(CCCCc1ccc(-c2ccc(Br)s2)s1)C(=O)NO. The summed E-state index contributed by atoms with van der Waals surface area (Å²) in [5, 5.41) is 7.60. The number of hydrogen-bond donors (Lipinski definition) is 3. The van der Waals surface area contributed by atoms with E-state index >= 15 is 0 Å². The zero-order chi connectivity index (χ0) is 17.7. The maximum Gasteiger partial charge on any atom is 0.299 e. The van der Waals surface area contributed by atoms with Gasteiger partial charge in [-0.1, -0.05) is 4.21 Å². The highest BCUT2D eigenvalue weighted by Crippen LogP contribution is 2.36. The summed E-state index contributed by atoms with van der Waals surface area (Å²) in [5.41, 5.74) is 1.47. The van der Waals surface area contributed by atoms with Gasteiger partial charge in [0, 0.05) is 21.1 Å². The lowest BCUT2D eigenvalue weighted by Gasteiger charge is -2.11. The molecule has 0 aliphatic rings.